The largest absolute Gasteiger partial charge is 0.417 e. The topological polar surface area (TPSA) is 56.7 Å². The van der Waals surface area contributed by atoms with E-state index in [2.05, 4.69) is 10.2 Å². The van der Waals surface area contributed by atoms with Gasteiger partial charge in [0, 0.05) is 12.1 Å². The van der Waals surface area contributed by atoms with Gasteiger partial charge in [0.2, 0.25) is 0 Å². The number of halogens is 3. The number of aromatic nitrogens is 3. The number of nitrogens with zero attached hydrogens (tertiary/aromatic N) is 3. The molecule has 0 bridgehead atoms. The van der Waals surface area contributed by atoms with Crippen LogP contribution in [-0.4, -0.2) is 14.8 Å². The molecule has 7 heteroatoms. The molecule has 0 radical (unpaired) electrons. The van der Waals surface area contributed by atoms with Gasteiger partial charge in [-0.3, -0.25) is 0 Å². The first-order valence-electron chi connectivity index (χ1n) is 6.27. The van der Waals surface area contributed by atoms with E-state index in [0.29, 0.717) is 12.4 Å². The normalized spacial score (nSPS) is 11.8. The highest BCUT2D eigenvalue weighted by atomic mass is 19.4. The Morgan fingerprint density at radius 3 is 2.50 bits per heavy atom. The van der Waals surface area contributed by atoms with E-state index in [-0.39, 0.29) is 17.9 Å². The van der Waals surface area contributed by atoms with Crippen LogP contribution in [0.25, 0.3) is 11.4 Å². The van der Waals surface area contributed by atoms with Crippen LogP contribution in [0.2, 0.25) is 0 Å². The molecule has 0 spiro atoms. The molecule has 0 unspecified atom stereocenters. The number of hydrogen-bond donors (Lipinski definition) is 1. The van der Waals surface area contributed by atoms with Crippen LogP contribution in [0.15, 0.2) is 24.3 Å². The van der Waals surface area contributed by atoms with E-state index in [1.165, 1.54) is 12.1 Å². The Labute approximate surface area is 114 Å². The van der Waals surface area contributed by atoms with Gasteiger partial charge in [0.05, 0.1) is 12.1 Å². The first kappa shape index (κ1) is 14.5. The summed E-state index contributed by atoms with van der Waals surface area (Å²) in [6, 6.07) is 5.36. The summed E-state index contributed by atoms with van der Waals surface area (Å²) in [5.41, 5.74) is 4.86. The van der Waals surface area contributed by atoms with Gasteiger partial charge in [0.25, 0.3) is 0 Å². The zero-order chi connectivity index (χ0) is 14.8. The maximum absolute atomic E-state index is 13.1. The zero-order valence-corrected chi connectivity index (χ0v) is 11.0. The first-order chi connectivity index (χ1) is 9.49. The third-order valence-electron chi connectivity index (χ3n) is 2.93. The Morgan fingerprint density at radius 2 is 1.90 bits per heavy atom. The summed E-state index contributed by atoms with van der Waals surface area (Å²) >= 11 is 0. The van der Waals surface area contributed by atoms with Crippen molar-refractivity contribution in [1.29, 1.82) is 0 Å². The Kier molecular flexibility index (Phi) is 4.08. The van der Waals surface area contributed by atoms with E-state index < -0.39 is 11.7 Å². The molecule has 0 aliphatic heterocycles. The lowest BCUT2D eigenvalue weighted by atomic mass is 10.1. The Morgan fingerprint density at radius 1 is 1.20 bits per heavy atom. The molecule has 1 aromatic carbocycles. The molecule has 2 N–H and O–H groups in total. The SMILES string of the molecule is CCCn1c(CN)nnc1-c1ccccc1C(F)(F)F. The monoisotopic (exact) mass is 284 g/mol. The van der Waals surface area contributed by atoms with Gasteiger partial charge in [-0.15, -0.1) is 10.2 Å². The van der Waals surface area contributed by atoms with Crippen molar-refractivity contribution in [2.45, 2.75) is 32.6 Å². The predicted molar refractivity (Wildman–Crippen MR) is 68.6 cm³/mol. The van der Waals surface area contributed by atoms with E-state index >= 15 is 0 Å². The average Bonchev–Trinajstić information content (AvgIpc) is 2.81. The summed E-state index contributed by atoms with van der Waals surface area (Å²) in [6.07, 6.45) is -3.67. The summed E-state index contributed by atoms with van der Waals surface area (Å²) in [4.78, 5) is 0. The molecule has 2 rings (SSSR count). The van der Waals surface area contributed by atoms with Crippen LogP contribution >= 0.6 is 0 Å². The fraction of sp³-hybridized carbons (Fsp3) is 0.385. The van der Waals surface area contributed by atoms with Gasteiger partial charge in [-0.25, -0.2) is 0 Å². The second kappa shape index (κ2) is 5.62. The number of benzene rings is 1. The molecule has 0 amide bonds. The van der Waals surface area contributed by atoms with E-state index in [1.807, 2.05) is 6.92 Å². The van der Waals surface area contributed by atoms with Crippen LogP contribution in [-0.2, 0) is 19.3 Å². The van der Waals surface area contributed by atoms with Crippen LogP contribution in [0.5, 0.6) is 0 Å². The van der Waals surface area contributed by atoms with Crippen molar-refractivity contribution in [2.75, 3.05) is 0 Å². The highest BCUT2D eigenvalue weighted by Crippen LogP contribution is 2.36. The van der Waals surface area contributed by atoms with Gasteiger partial charge in [-0.05, 0) is 12.5 Å². The molecule has 1 aromatic heterocycles. The molecular weight excluding hydrogens is 269 g/mol. The van der Waals surface area contributed by atoms with Crippen LogP contribution in [0.1, 0.15) is 24.7 Å². The van der Waals surface area contributed by atoms with Gasteiger partial charge >= 0.3 is 6.18 Å². The van der Waals surface area contributed by atoms with Gasteiger partial charge in [0.15, 0.2) is 5.82 Å². The van der Waals surface area contributed by atoms with Crippen molar-refractivity contribution in [3.8, 4) is 11.4 Å². The molecule has 20 heavy (non-hydrogen) atoms. The Hall–Kier alpha value is -1.89. The van der Waals surface area contributed by atoms with Crippen LogP contribution in [0, 0.1) is 0 Å². The van der Waals surface area contributed by atoms with Crippen LogP contribution in [0.4, 0.5) is 13.2 Å². The lowest BCUT2D eigenvalue weighted by Gasteiger charge is -2.13. The number of hydrogen-bond acceptors (Lipinski definition) is 3. The summed E-state index contributed by atoms with van der Waals surface area (Å²) in [5.74, 6) is 0.694. The number of alkyl halides is 3. The summed E-state index contributed by atoms with van der Waals surface area (Å²) in [6.45, 7) is 2.60. The van der Waals surface area contributed by atoms with Crippen molar-refractivity contribution in [3.05, 3.63) is 35.7 Å². The minimum atomic E-state index is -4.43. The summed E-state index contributed by atoms with van der Waals surface area (Å²) in [5, 5.41) is 7.76. The molecule has 0 saturated carbocycles. The van der Waals surface area contributed by atoms with Crippen molar-refractivity contribution in [2.24, 2.45) is 5.73 Å². The molecule has 108 valence electrons. The molecular formula is C13H15F3N4. The number of rotatable bonds is 4. The third kappa shape index (κ3) is 2.67. The minimum Gasteiger partial charge on any atom is -0.324 e. The van der Waals surface area contributed by atoms with Gasteiger partial charge < -0.3 is 10.3 Å². The highest BCUT2D eigenvalue weighted by Gasteiger charge is 2.34. The molecule has 0 saturated heterocycles. The van der Waals surface area contributed by atoms with Crippen molar-refractivity contribution in [1.82, 2.24) is 14.8 Å². The van der Waals surface area contributed by atoms with E-state index in [9.17, 15) is 13.2 Å². The molecule has 1 heterocycles. The van der Waals surface area contributed by atoms with Crippen LogP contribution in [0.3, 0.4) is 0 Å². The molecule has 0 fully saturated rings. The molecule has 2 aromatic rings. The van der Waals surface area contributed by atoms with Crippen LogP contribution < -0.4 is 5.73 Å². The molecule has 0 aliphatic carbocycles. The lowest BCUT2D eigenvalue weighted by Crippen LogP contribution is -2.12. The highest BCUT2D eigenvalue weighted by molar-refractivity contribution is 5.61. The van der Waals surface area contributed by atoms with E-state index in [1.54, 1.807) is 10.6 Å². The van der Waals surface area contributed by atoms with Gasteiger partial charge in [-0.2, -0.15) is 13.2 Å². The number of nitrogens with two attached hydrogens (primary N) is 1. The Bertz CT molecular complexity index is 590. The standard InChI is InChI=1S/C13H15F3N4/c1-2-7-20-11(8-17)18-19-12(20)9-5-3-4-6-10(9)13(14,15)16/h3-6H,2,7-8,17H2,1H3. The van der Waals surface area contributed by atoms with Gasteiger partial charge in [0.1, 0.15) is 5.82 Å². The fourth-order valence-corrected chi connectivity index (χ4v) is 2.07. The smallest absolute Gasteiger partial charge is 0.324 e. The van der Waals surface area contributed by atoms with E-state index in [4.69, 9.17) is 5.73 Å². The summed E-state index contributed by atoms with van der Waals surface area (Å²) < 4.78 is 40.8. The summed E-state index contributed by atoms with van der Waals surface area (Å²) in [7, 11) is 0. The van der Waals surface area contributed by atoms with Crippen molar-refractivity contribution < 1.29 is 13.2 Å². The van der Waals surface area contributed by atoms with Crippen molar-refractivity contribution >= 4 is 0 Å². The minimum absolute atomic E-state index is 0.0284. The Balaban J connectivity index is 2.60. The zero-order valence-electron chi connectivity index (χ0n) is 11.0. The second-order valence-electron chi connectivity index (χ2n) is 4.34. The molecule has 4 nitrogen and oxygen atoms in total. The average molecular weight is 284 g/mol. The third-order valence-corrected chi connectivity index (χ3v) is 2.93. The molecule has 0 atom stereocenters. The fourth-order valence-electron chi connectivity index (χ4n) is 2.07. The lowest BCUT2D eigenvalue weighted by molar-refractivity contribution is -0.137. The molecule has 0 aliphatic rings. The predicted octanol–water partition coefficient (Wildman–Crippen LogP) is 2.83. The second-order valence-corrected chi connectivity index (χ2v) is 4.34. The quantitative estimate of drug-likeness (QED) is 0.939. The maximum Gasteiger partial charge on any atom is 0.417 e. The van der Waals surface area contributed by atoms with Gasteiger partial charge in [-0.1, -0.05) is 25.1 Å². The van der Waals surface area contributed by atoms with Crippen molar-refractivity contribution in [3.63, 3.8) is 0 Å². The maximum atomic E-state index is 13.1. The van der Waals surface area contributed by atoms with E-state index in [0.717, 1.165) is 12.5 Å². The first-order valence-corrected chi connectivity index (χ1v) is 6.27.